The Morgan fingerprint density at radius 3 is 2.14 bits per heavy atom. The van der Waals surface area contributed by atoms with Crippen molar-refractivity contribution in [3.05, 3.63) is 34.4 Å². The summed E-state index contributed by atoms with van der Waals surface area (Å²) >= 11 is 0. The van der Waals surface area contributed by atoms with Crippen LogP contribution in [-0.4, -0.2) is 31.1 Å². The number of nitro benzene ring substituents is 1. The van der Waals surface area contributed by atoms with Crippen LogP contribution in [0.15, 0.2) is 24.3 Å². The molecule has 0 radical (unpaired) electrons. The summed E-state index contributed by atoms with van der Waals surface area (Å²) in [5.74, 6) is 0.565. The van der Waals surface area contributed by atoms with Crippen LogP contribution in [0.5, 0.6) is 5.75 Å². The molecule has 0 heterocycles. The maximum absolute atomic E-state index is 10.5. The molecule has 1 aromatic rings. The highest BCUT2D eigenvalue weighted by Crippen LogP contribution is 2.17. The zero-order valence-corrected chi connectivity index (χ0v) is 12.1. The van der Waals surface area contributed by atoms with E-state index in [0.717, 1.165) is 19.3 Å². The number of hydrogen-bond donors (Lipinski definition) is 1. The molecule has 1 aromatic carbocycles. The van der Waals surface area contributed by atoms with Crippen LogP contribution in [0.25, 0.3) is 0 Å². The van der Waals surface area contributed by atoms with E-state index in [-0.39, 0.29) is 12.3 Å². The van der Waals surface area contributed by atoms with E-state index in [1.807, 2.05) is 0 Å². The highest BCUT2D eigenvalue weighted by molar-refractivity contribution is 7.80. The number of nitro groups is 1. The molecule has 0 saturated heterocycles. The van der Waals surface area contributed by atoms with Crippen LogP contribution in [0.3, 0.4) is 0 Å². The number of benzene rings is 1. The summed E-state index contributed by atoms with van der Waals surface area (Å²) in [5, 5.41) is 10.5. The van der Waals surface area contributed by atoms with Crippen LogP contribution in [0, 0.1) is 10.1 Å². The quantitative estimate of drug-likeness (QED) is 0.304. The first-order valence-corrected chi connectivity index (χ1v) is 7.74. The van der Waals surface area contributed by atoms with E-state index in [1.165, 1.54) is 24.3 Å². The van der Waals surface area contributed by atoms with Crippen molar-refractivity contribution in [1.82, 2.24) is 0 Å². The van der Waals surface area contributed by atoms with Crippen LogP contribution in [0.1, 0.15) is 25.7 Å². The van der Waals surface area contributed by atoms with Crippen LogP contribution < -0.4 is 4.74 Å². The molecule has 0 aromatic heterocycles. The predicted molar refractivity (Wildman–Crippen MR) is 74.6 cm³/mol. The van der Waals surface area contributed by atoms with Crippen LogP contribution in [0.2, 0.25) is 0 Å². The van der Waals surface area contributed by atoms with Gasteiger partial charge in [0, 0.05) is 12.1 Å². The summed E-state index contributed by atoms with van der Waals surface area (Å²) < 4.78 is 38.4. The molecule has 0 unspecified atom stereocenters. The van der Waals surface area contributed by atoms with Crippen molar-refractivity contribution in [2.45, 2.75) is 25.7 Å². The standard InChI is InChI=1S/C12H17NO7S/c14-13(15)11-5-7-12(8-6-11)19-9-3-1-2-4-10-20-21(16,17)18/h5-8H,1-4,9-10H2,(H,16,17,18). The maximum atomic E-state index is 10.5. The average Bonchev–Trinajstić information content (AvgIpc) is 2.41. The lowest BCUT2D eigenvalue weighted by Gasteiger charge is -2.05. The van der Waals surface area contributed by atoms with Crippen LogP contribution in [0.4, 0.5) is 5.69 Å². The first kappa shape index (κ1) is 17.3. The van der Waals surface area contributed by atoms with E-state index in [9.17, 15) is 18.5 Å². The smallest absolute Gasteiger partial charge is 0.397 e. The van der Waals surface area contributed by atoms with Gasteiger partial charge >= 0.3 is 10.4 Å². The van der Waals surface area contributed by atoms with Gasteiger partial charge in [0.2, 0.25) is 0 Å². The Bertz CT molecular complexity index is 541. The van der Waals surface area contributed by atoms with Crippen LogP contribution >= 0.6 is 0 Å². The maximum Gasteiger partial charge on any atom is 0.397 e. The fraction of sp³-hybridized carbons (Fsp3) is 0.500. The lowest BCUT2D eigenvalue weighted by Crippen LogP contribution is -2.05. The third-order valence-corrected chi connectivity index (χ3v) is 3.05. The normalized spacial score (nSPS) is 11.3. The molecule has 0 amide bonds. The summed E-state index contributed by atoms with van der Waals surface area (Å²) in [5.41, 5.74) is 0.0150. The van der Waals surface area contributed by atoms with Gasteiger partial charge in [0.05, 0.1) is 18.1 Å². The molecule has 118 valence electrons. The molecule has 9 heteroatoms. The van der Waals surface area contributed by atoms with Crippen molar-refractivity contribution in [2.24, 2.45) is 0 Å². The summed E-state index contributed by atoms with van der Waals surface area (Å²) in [7, 11) is -4.34. The third kappa shape index (κ3) is 8.23. The van der Waals surface area contributed by atoms with Crippen molar-refractivity contribution in [1.29, 1.82) is 0 Å². The topological polar surface area (TPSA) is 116 Å². The Balaban J connectivity index is 2.08. The zero-order chi connectivity index (χ0) is 15.7. The number of nitrogens with zero attached hydrogens (tertiary/aromatic N) is 1. The van der Waals surface area contributed by atoms with Crippen molar-refractivity contribution in [3.63, 3.8) is 0 Å². The number of non-ortho nitro benzene ring substituents is 1. The van der Waals surface area contributed by atoms with Crippen molar-refractivity contribution < 1.29 is 26.8 Å². The number of unbranched alkanes of at least 4 members (excludes halogenated alkanes) is 3. The minimum absolute atomic E-state index is 0.0150. The molecular formula is C12H17NO7S. The van der Waals surface area contributed by atoms with Gasteiger partial charge in [-0.25, -0.2) is 4.18 Å². The molecule has 21 heavy (non-hydrogen) atoms. The summed E-state index contributed by atoms with van der Waals surface area (Å²) in [4.78, 5) is 9.99. The molecule has 0 aliphatic heterocycles. The van der Waals surface area contributed by atoms with E-state index < -0.39 is 15.3 Å². The Kier molecular flexibility index (Phi) is 7.06. The molecular weight excluding hydrogens is 302 g/mol. The SMILES string of the molecule is O=[N+]([O-])c1ccc(OCCCCCCOS(=O)(=O)O)cc1. The van der Waals surface area contributed by atoms with Crippen molar-refractivity contribution in [3.8, 4) is 5.75 Å². The molecule has 0 saturated carbocycles. The van der Waals surface area contributed by atoms with E-state index in [1.54, 1.807) is 0 Å². The third-order valence-electron chi connectivity index (χ3n) is 2.59. The molecule has 1 N–H and O–H groups in total. The zero-order valence-electron chi connectivity index (χ0n) is 11.3. The van der Waals surface area contributed by atoms with E-state index in [4.69, 9.17) is 9.29 Å². The summed E-state index contributed by atoms with van der Waals surface area (Å²) in [6.07, 6.45) is 2.86. The highest BCUT2D eigenvalue weighted by Gasteiger charge is 2.04. The van der Waals surface area contributed by atoms with Gasteiger partial charge in [-0.05, 0) is 31.4 Å². The van der Waals surface area contributed by atoms with Crippen molar-refractivity contribution >= 4 is 16.1 Å². The van der Waals surface area contributed by atoms with Gasteiger partial charge in [0.15, 0.2) is 0 Å². The number of ether oxygens (including phenoxy) is 1. The largest absolute Gasteiger partial charge is 0.494 e. The minimum atomic E-state index is -4.34. The monoisotopic (exact) mass is 319 g/mol. The molecule has 0 atom stereocenters. The molecule has 0 aliphatic rings. The van der Waals surface area contributed by atoms with Crippen LogP contribution in [-0.2, 0) is 14.6 Å². The highest BCUT2D eigenvalue weighted by atomic mass is 32.3. The Morgan fingerprint density at radius 2 is 1.62 bits per heavy atom. The molecule has 1 rings (SSSR count). The molecule has 8 nitrogen and oxygen atoms in total. The lowest BCUT2D eigenvalue weighted by molar-refractivity contribution is -0.384. The Labute approximate surface area is 122 Å². The first-order chi connectivity index (χ1) is 9.88. The first-order valence-electron chi connectivity index (χ1n) is 6.37. The molecule has 0 fully saturated rings. The van der Waals surface area contributed by atoms with Gasteiger partial charge in [0.1, 0.15) is 5.75 Å². The number of rotatable bonds is 10. The van der Waals surface area contributed by atoms with Gasteiger partial charge in [-0.2, -0.15) is 8.42 Å². The molecule has 0 bridgehead atoms. The fourth-order valence-corrected chi connectivity index (χ4v) is 1.90. The average molecular weight is 319 g/mol. The van der Waals surface area contributed by atoms with E-state index >= 15 is 0 Å². The van der Waals surface area contributed by atoms with Gasteiger partial charge in [-0.15, -0.1) is 0 Å². The molecule has 0 spiro atoms. The van der Waals surface area contributed by atoms with Gasteiger partial charge < -0.3 is 4.74 Å². The Morgan fingerprint density at radius 1 is 1.05 bits per heavy atom. The number of hydrogen-bond acceptors (Lipinski definition) is 6. The van der Waals surface area contributed by atoms with Crippen molar-refractivity contribution in [2.75, 3.05) is 13.2 Å². The van der Waals surface area contributed by atoms with Gasteiger partial charge in [0.25, 0.3) is 5.69 Å². The Hall–Kier alpha value is -1.71. The second-order valence-corrected chi connectivity index (χ2v) is 5.35. The lowest BCUT2D eigenvalue weighted by atomic mass is 10.2. The van der Waals surface area contributed by atoms with Gasteiger partial charge in [-0.3, -0.25) is 14.7 Å². The van der Waals surface area contributed by atoms with E-state index in [0.29, 0.717) is 18.8 Å². The predicted octanol–water partition coefficient (Wildman–Crippen LogP) is 2.35. The second kappa shape index (κ2) is 8.55. The van der Waals surface area contributed by atoms with Gasteiger partial charge in [-0.1, -0.05) is 6.42 Å². The van der Waals surface area contributed by atoms with E-state index in [2.05, 4.69) is 4.18 Å². The molecule has 0 aliphatic carbocycles. The fourth-order valence-electron chi connectivity index (χ4n) is 1.58. The second-order valence-electron chi connectivity index (χ2n) is 4.26. The summed E-state index contributed by atoms with van der Waals surface area (Å²) in [6, 6.07) is 5.83. The summed E-state index contributed by atoms with van der Waals surface area (Å²) in [6.45, 7) is 0.430. The minimum Gasteiger partial charge on any atom is -0.494 e.